The van der Waals surface area contributed by atoms with Gasteiger partial charge in [0.15, 0.2) is 0 Å². The molecule has 1 aliphatic rings. The van der Waals surface area contributed by atoms with E-state index in [0.29, 0.717) is 18.8 Å². The molecule has 28 heavy (non-hydrogen) atoms. The van der Waals surface area contributed by atoms with Crippen molar-refractivity contribution in [2.75, 3.05) is 13.1 Å². The van der Waals surface area contributed by atoms with Gasteiger partial charge in [-0.05, 0) is 71.6 Å². The number of esters is 1. The highest BCUT2D eigenvalue weighted by molar-refractivity contribution is 5.78. The number of hydrogen-bond acceptors (Lipinski definition) is 4. The molecule has 2 rings (SSSR count). The predicted octanol–water partition coefficient (Wildman–Crippen LogP) is 5.30. The third kappa shape index (κ3) is 6.39. The maximum Gasteiger partial charge on any atom is 0.410 e. The van der Waals surface area contributed by atoms with Gasteiger partial charge in [-0.3, -0.25) is 4.79 Å². The summed E-state index contributed by atoms with van der Waals surface area (Å²) in [6.45, 7) is 14.5. The number of rotatable bonds is 2. The number of likely N-dealkylation sites (tertiary alicyclic amines) is 1. The Bertz CT molecular complexity index is 753. The summed E-state index contributed by atoms with van der Waals surface area (Å²) in [5.74, 6) is 0.534. The van der Waals surface area contributed by atoms with Crippen LogP contribution < -0.4 is 4.74 Å². The summed E-state index contributed by atoms with van der Waals surface area (Å²) >= 11 is 0. The SMILES string of the molecule is CC1CN(C(=O)OC(C)(C)C)CCC1=Cc1cccc(OC(=O)C(C)(C)C)c1. The third-order valence-corrected chi connectivity index (χ3v) is 4.48. The van der Waals surface area contributed by atoms with Gasteiger partial charge in [-0.25, -0.2) is 4.79 Å². The quantitative estimate of drug-likeness (QED) is 0.510. The summed E-state index contributed by atoms with van der Waals surface area (Å²) in [5.41, 5.74) is 1.24. The van der Waals surface area contributed by atoms with Crippen LogP contribution in [0.5, 0.6) is 5.75 Å². The van der Waals surface area contributed by atoms with Crippen molar-refractivity contribution in [2.24, 2.45) is 11.3 Å². The lowest BCUT2D eigenvalue weighted by Gasteiger charge is -2.34. The standard InChI is InChI=1S/C23H33NO4/c1-16-15-24(21(26)28-23(5,6)7)12-11-18(16)13-17-9-8-10-19(14-17)27-20(25)22(2,3)4/h8-10,13-14,16H,11-12,15H2,1-7H3. The monoisotopic (exact) mass is 387 g/mol. The van der Waals surface area contributed by atoms with Crippen molar-refractivity contribution >= 4 is 18.1 Å². The van der Waals surface area contributed by atoms with Crippen molar-refractivity contribution in [3.63, 3.8) is 0 Å². The van der Waals surface area contributed by atoms with Crippen molar-refractivity contribution in [3.8, 4) is 5.75 Å². The Morgan fingerprint density at radius 2 is 1.82 bits per heavy atom. The fourth-order valence-corrected chi connectivity index (χ4v) is 2.90. The molecule has 1 heterocycles. The van der Waals surface area contributed by atoms with E-state index in [1.165, 1.54) is 5.57 Å². The summed E-state index contributed by atoms with van der Waals surface area (Å²) in [5, 5.41) is 0. The minimum atomic E-state index is -0.544. The van der Waals surface area contributed by atoms with Crippen LogP contribution in [0.15, 0.2) is 29.8 Å². The van der Waals surface area contributed by atoms with E-state index in [2.05, 4.69) is 13.0 Å². The van der Waals surface area contributed by atoms with Gasteiger partial charge in [-0.15, -0.1) is 0 Å². The molecule has 0 spiro atoms. The topological polar surface area (TPSA) is 55.8 Å². The van der Waals surface area contributed by atoms with Crippen molar-refractivity contribution in [1.29, 1.82) is 0 Å². The van der Waals surface area contributed by atoms with Gasteiger partial charge in [0.1, 0.15) is 11.4 Å². The average Bonchev–Trinajstić information content (AvgIpc) is 2.54. The second kappa shape index (κ2) is 8.38. The molecule has 154 valence electrons. The molecule has 0 aromatic heterocycles. The minimum Gasteiger partial charge on any atom is -0.444 e. The maximum absolute atomic E-state index is 12.3. The smallest absolute Gasteiger partial charge is 0.410 e. The molecule has 1 aromatic carbocycles. The summed E-state index contributed by atoms with van der Waals surface area (Å²) in [6, 6.07) is 7.55. The summed E-state index contributed by atoms with van der Waals surface area (Å²) in [7, 11) is 0. The second-order valence-electron chi connectivity index (χ2n) is 9.51. The lowest BCUT2D eigenvalue weighted by atomic mass is 9.91. The number of amides is 1. The van der Waals surface area contributed by atoms with E-state index in [-0.39, 0.29) is 18.0 Å². The summed E-state index contributed by atoms with van der Waals surface area (Å²) < 4.78 is 11.0. The van der Waals surface area contributed by atoms with Crippen LogP contribution >= 0.6 is 0 Å². The molecule has 1 amide bonds. The number of nitrogens with zero attached hydrogens (tertiary/aromatic N) is 1. The molecule has 1 atom stereocenters. The normalized spacial score (nSPS) is 19.5. The molecule has 1 unspecified atom stereocenters. The van der Waals surface area contributed by atoms with Gasteiger partial charge in [0.05, 0.1) is 5.41 Å². The molecule has 0 aliphatic carbocycles. The molecule has 0 saturated carbocycles. The Labute approximate surface area is 168 Å². The number of piperidine rings is 1. The zero-order chi connectivity index (χ0) is 21.1. The molecule has 1 aliphatic heterocycles. The molecule has 1 aromatic rings. The predicted molar refractivity (Wildman–Crippen MR) is 111 cm³/mol. The first-order valence-electron chi connectivity index (χ1n) is 9.86. The van der Waals surface area contributed by atoms with E-state index in [0.717, 1.165) is 12.0 Å². The Kier molecular flexibility index (Phi) is 6.58. The first-order chi connectivity index (χ1) is 12.8. The van der Waals surface area contributed by atoms with Crippen molar-refractivity contribution < 1.29 is 19.1 Å². The van der Waals surface area contributed by atoms with Gasteiger partial charge in [0.25, 0.3) is 0 Å². The van der Waals surface area contributed by atoms with E-state index >= 15 is 0 Å². The lowest BCUT2D eigenvalue weighted by molar-refractivity contribution is -0.143. The Morgan fingerprint density at radius 3 is 2.39 bits per heavy atom. The molecule has 0 radical (unpaired) electrons. The van der Waals surface area contributed by atoms with Crippen LogP contribution in [0, 0.1) is 11.3 Å². The van der Waals surface area contributed by atoms with Gasteiger partial charge >= 0.3 is 12.1 Å². The van der Waals surface area contributed by atoms with Crippen LogP contribution in [0.3, 0.4) is 0 Å². The second-order valence-corrected chi connectivity index (χ2v) is 9.51. The highest BCUT2D eigenvalue weighted by Crippen LogP contribution is 2.27. The number of carbonyl (C=O) groups excluding carboxylic acids is 2. The first kappa shape index (κ1) is 22.0. The van der Waals surface area contributed by atoms with Crippen LogP contribution in [0.1, 0.15) is 60.5 Å². The summed E-state index contributed by atoms with van der Waals surface area (Å²) in [4.78, 5) is 26.2. The van der Waals surface area contributed by atoms with E-state index in [1.54, 1.807) is 11.0 Å². The van der Waals surface area contributed by atoms with Gasteiger partial charge in [-0.2, -0.15) is 0 Å². The minimum absolute atomic E-state index is 0.238. The maximum atomic E-state index is 12.3. The van der Waals surface area contributed by atoms with Crippen LogP contribution in [0.25, 0.3) is 6.08 Å². The number of ether oxygens (including phenoxy) is 2. The van der Waals surface area contributed by atoms with Crippen LogP contribution in [-0.2, 0) is 9.53 Å². The molecular weight excluding hydrogens is 354 g/mol. The number of benzene rings is 1. The Balaban J connectivity index is 2.06. The van der Waals surface area contributed by atoms with Gasteiger partial charge in [0.2, 0.25) is 0 Å². The van der Waals surface area contributed by atoms with Crippen LogP contribution in [0.2, 0.25) is 0 Å². The van der Waals surface area contributed by atoms with Crippen LogP contribution in [-0.4, -0.2) is 35.7 Å². The fourth-order valence-electron chi connectivity index (χ4n) is 2.90. The highest BCUT2D eigenvalue weighted by atomic mass is 16.6. The van der Waals surface area contributed by atoms with Crippen molar-refractivity contribution in [1.82, 2.24) is 4.90 Å². The van der Waals surface area contributed by atoms with E-state index in [9.17, 15) is 9.59 Å². The average molecular weight is 388 g/mol. The lowest BCUT2D eigenvalue weighted by Crippen LogP contribution is -2.43. The first-order valence-corrected chi connectivity index (χ1v) is 9.86. The van der Waals surface area contributed by atoms with Crippen molar-refractivity contribution in [2.45, 2.75) is 60.5 Å². The zero-order valence-electron chi connectivity index (χ0n) is 18.2. The van der Waals surface area contributed by atoms with Crippen molar-refractivity contribution in [3.05, 3.63) is 35.4 Å². The fraction of sp³-hybridized carbons (Fsp3) is 0.565. The number of carbonyl (C=O) groups is 2. The summed E-state index contributed by atoms with van der Waals surface area (Å²) in [6.07, 6.45) is 2.67. The molecular formula is C23H33NO4. The van der Waals surface area contributed by atoms with Gasteiger partial charge in [-0.1, -0.05) is 30.7 Å². The van der Waals surface area contributed by atoms with E-state index < -0.39 is 11.0 Å². The highest BCUT2D eigenvalue weighted by Gasteiger charge is 2.28. The van der Waals surface area contributed by atoms with E-state index in [4.69, 9.17) is 9.47 Å². The molecule has 0 bridgehead atoms. The van der Waals surface area contributed by atoms with E-state index in [1.807, 2.05) is 59.7 Å². The third-order valence-electron chi connectivity index (χ3n) is 4.48. The van der Waals surface area contributed by atoms with Gasteiger partial charge < -0.3 is 14.4 Å². The number of hydrogen-bond donors (Lipinski definition) is 0. The van der Waals surface area contributed by atoms with Gasteiger partial charge in [0, 0.05) is 13.1 Å². The Hall–Kier alpha value is -2.30. The largest absolute Gasteiger partial charge is 0.444 e. The van der Waals surface area contributed by atoms with Crippen LogP contribution in [0.4, 0.5) is 4.79 Å². The zero-order valence-corrected chi connectivity index (χ0v) is 18.2. The molecule has 0 N–H and O–H groups in total. The molecule has 5 nitrogen and oxygen atoms in total. The molecule has 1 fully saturated rings. The Morgan fingerprint density at radius 1 is 1.14 bits per heavy atom. The molecule has 5 heteroatoms. The molecule has 1 saturated heterocycles.